The summed E-state index contributed by atoms with van der Waals surface area (Å²) in [6, 6.07) is 8.18. The summed E-state index contributed by atoms with van der Waals surface area (Å²) in [5.74, 6) is -0.281. The molecule has 94 valence electrons. The minimum atomic E-state index is -0.281. The molecule has 0 amide bonds. The van der Waals surface area contributed by atoms with Crippen LogP contribution in [0.1, 0.15) is 17.3 Å². The Balaban J connectivity index is 2.13. The van der Waals surface area contributed by atoms with Gasteiger partial charge in [0.05, 0.1) is 21.2 Å². The zero-order chi connectivity index (χ0) is 13.1. The minimum Gasteiger partial charge on any atom is -0.322 e. The van der Waals surface area contributed by atoms with Gasteiger partial charge in [-0.15, -0.1) is 0 Å². The van der Waals surface area contributed by atoms with Crippen LogP contribution in [-0.4, -0.2) is 4.98 Å². The van der Waals surface area contributed by atoms with E-state index in [0.717, 1.165) is 11.3 Å². The summed E-state index contributed by atoms with van der Waals surface area (Å²) in [5, 5.41) is 0.579. The Morgan fingerprint density at radius 3 is 2.72 bits per heavy atom. The fourth-order valence-corrected chi connectivity index (χ4v) is 2.17. The fraction of sp³-hybridized carbons (Fsp3) is 0.154. The lowest BCUT2D eigenvalue weighted by Crippen LogP contribution is -2.14. The van der Waals surface area contributed by atoms with Crippen molar-refractivity contribution in [3.8, 4) is 0 Å². The number of rotatable bonds is 3. The molecule has 5 heteroatoms. The van der Waals surface area contributed by atoms with Crippen LogP contribution in [0.15, 0.2) is 41.0 Å². The Bertz CT molecular complexity index is 545. The third-order valence-corrected chi connectivity index (χ3v) is 3.40. The van der Waals surface area contributed by atoms with Gasteiger partial charge in [0.15, 0.2) is 0 Å². The zero-order valence-corrected chi connectivity index (χ0v) is 11.7. The first kappa shape index (κ1) is 13.5. The predicted molar refractivity (Wildman–Crippen MR) is 74.0 cm³/mol. The van der Waals surface area contributed by atoms with E-state index in [1.807, 2.05) is 0 Å². The second-order valence-corrected chi connectivity index (χ2v) is 5.25. The number of nitrogens with zero attached hydrogens (tertiary/aromatic N) is 1. The molecule has 0 bridgehead atoms. The second-order valence-electron chi connectivity index (χ2n) is 3.96. The van der Waals surface area contributed by atoms with Crippen molar-refractivity contribution in [1.82, 2.24) is 4.98 Å². The molecular weight excluding hydrogens is 319 g/mol. The standard InChI is InChI=1S/C13H11BrClFN2/c14-10-5-8(1-3-11(10)16)6-12(17)13-4-2-9(15)7-18-13/h1-5,7,12H,6,17H2. The number of pyridine rings is 1. The van der Waals surface area contributed by atoms with Crippen LogP contribution in [0.4, 0.5) is 4.39 Å². The lowest BCUT2D eigenvalue weighted by molar-refractivity contribution is 0.618. The summed E-state index contributed by atoms with van der Waals surface area (Å²) in [5.41, 5.74) is 7.77. The van der Waals surface area contributed by atoms with E-state index in [1.54, 1.807) is 30.5 Å². The number of halogens is 3. The molecule has 0 aliphatic heterocycles. The van der Waals surface area contributed by atoms with Crippen molar-refractivity contribution in [2.75, 3.05) is 0 Å². The maximum Gasteiger partial charge on any atom is 0.137 e. The van der Waals surface area contributed by atoms with Gasteiger partial charge in [-0.25, -0.2) is 4.39 Å². The molecule has 2 N–H and O–H groups in total. The van der Waals surface area contributed by atoms with Gasteiger partial charge in [0, 0.05) is 6.20 Å². The van der Waals surface area contributed by atoms with Gasteiger partial charge in [0.1, 0.15) is 5.82 Å². The van der Waals surface area contributed by atoms with Crippen molar-refractivity contribution in [3.05, 3.63) is 63.1 Å². The van der Waals surface area contributed by atoms with E-state index in [-0.39, 0.29) is 11.9 Å². The zero-order valence-electron chi connectivity index (χ0n) is 9.41. The van der Waals surface area contributed by atoms with Crippen LogP contribution in [-0.2, 0) is 6.42 Å². The Kier molecular flexibility index (Phi) is 4.32. The van der Waals surface area contributed by atoms with Crippen LogP contribution in [0.3, 0.4) is 0 Å². The van der Waals surface area contributed by atoms with Crippen LogP contribution in [0, 0.1) is 5.82 Å². The maximum atomic E-state index is 13.1. The quantitative estimate of drug-likeness (QED) is 0.928. The molecule has 0 spiro atoms. The molecule has 1 atom stereocenters. The third-order valence-electron chi connectivity index (χ3n) is 2.57. The first-order valence-electron chi connectivity index (χ1n) is 5.37. The summed E-state index contributed by atoms with van der Waals surface area (Å²) < 4.78 is 13.5. The fourth-order valence-electron chi connectivity index (χ4n) is 1.63. The molecule has 0 aliphatic carbocycles. The van der Waals surface area contributed by atoms with Crippen LogP contribution < -0.4 is 5.73 Å². The highest BCUT2D eigenvalue weighted by Crippen LogP contribution is 2.21. The predicted octanol–water partition coefficient (Wildman–Crippen LogP) is 3.88. The average molecular weight is 330 g/mol. The molecule has 2 aromatic rings. The molecule has 0 fully saturated rings. The van der Waals surface area contributed by atoms with E-state index in [4.69, 9.17) is 17.3 Å². The summed E-state index contributed by atoms with van der Waals surface area (Å²) in [4.78, 5) is 4.17. The van der Waals surface area contributed by atoms with Gasteiger partial charge in [-0.1, -0.05) is 17.7 Å². The summed E-state index contributed by atoms with van der Waals surface area (Å²) in [6.45, 7) is 0. The van der Waals surface area contributed by atoms with Crippen molar-refractivity contribution in [3.63, 3.8) is 0 Å². The molecule has 18 heavy (non-hydrogen) atoms. The largest absolute Gasteiger partial charge is 0.322 e. The van der Waals surface area contributed by atoms with Crippen molar-refractivity contribution in [2.45, 2.75) is 12.5 Å². The highest BCUT2D eigenvalue weighted by atomic mass is 79.9. The molecule has 0 radical (unpaired) electrons. The Morgan fingerprint density at radius 2 is 2.11 bits per heavy atom. The lowest BCUT2D eigenvalue weighted by Gasteiger charge is -2.11. The molecule has 1 aromatic heterocycles. The first-order chi connectivity index (χ1) is 8.56. The molecule has 1 heterocycles. The SMILES string of the molecule is NC(Cc1ccc(F)c(Br)c1)c1ccc(Cl)cn1. The van der Waals surface area contributed by atoms with Gasteiger partial charge in [-0.2, -0.15) is 0 Å². The highest BCUT2D eigenvalue weighted by molar-refractivity contribution is 9.10. The molecule has 0 aliphatic rings. The maximum absolute atomic E-state index is 13.1. The first-order valence-corrected chi connectivity index (χ1v) is 6.54. The Labute approximate surface area is 118 Å². The molecule has 1 unspecified atom stereocenters. The van der Waals surface area contributed by atoms with Gasteiger partial charge >= 0.3 is 0 Å². The van der Waals surface area contributed by atoms with E-state index in [2.05, 4.69) is 20.9 Å². The van der Waals surface area contributed by atoms with Gasteiger partial charge in [0.2, 0.25) is 0 Å². The van der Waals surface area contributed by atoms with E-state index < -0.39 is 0 Å². The summed E-state index contributed by atoms with van der Waals surface area (Å²) in [7, 11) is 0. The Hall–Kier alpha value is -0.970. The van der Waals surface area contributed by atoms with Crippen molar-refractivity contribution < 1.29 is 4.39 Å². The highest BCUT2D eigenvalue weighted by Gasteiger charge is 2.09. The Morgan fingerprint density at radius 1 is 1.33 bits per heavy atom. The molecule has 2 rings (SSSR count). The van der Waals surface area contributed by atoms with Gasteiger partial charge in [-0.05, 0) is 52.2 Å². The van der Waals surface area contributed by atoms with Crippen molar-refractivity contribution in [2.24, 2.45) is 5.73 Å². The lowest BCUT2D eigenvalue weighted by atomic mass is 10.0. The number of hydrogen-bond acceptors (Lipinski definition) is 2. The average Bonchev–Trinajstić information content (AvgIpc) is 2.34. The number of benzene rings is 1. The van der Waals surface area contributed by atoms with E-state index in [0.29, 0.717) is 15.9 Å². The molecule has 0 saturated heterocycles. The van der Waals surface area contributed by atoms with E-state index in [9.17, 15) is 4.39 Å². The van der Waals surface area contributed by atoms with Gasteiger partial charge in [-0.3, -0.25) is 4.98 Å². The monoisotopic (exact) mass is 328 g/mol. The van der Waals surface area contributed by atoms with Gasteiger partial charge < -0.3 is 5.73 Å². The van der Waals surface area contributed by atoms with Crippen LogP contribution in [0.2, 0.25) is 5.02 Å². The van der Waals surface area contributed by atoms with E-state index in [1.165, 1.54) is 6.07 Å². The number of hydrogen-bond donors (Lipinski definition) is 1. The van der Waals surface area contributed by atoms with Crippen LogP contribution in [0.25, 0.3) is 0 Å². The number of aromatic nitrogens is 1. The van der Waals surface area contributed by atoms with Crippen molar-refractivity contribution in [1.29, 1.82) is 0 Å². The number of nitrogens with two attached hydrogens (primary N) is 1. The summed E-state index contributed by atoms with van der Waals surface area (Å²) >= 11 is 8.92. The molecule has 0 saturated carbocycles. The van der Waals surface area contributed by atoms with Gasteiger partial charge in [0.25, 0.3) is 0 Å². The third kappa shape index (κ3) is 3.28. The van der Waals surface area contributed by atoms with Crippen LogP contribution >= 0.6 is 27.5 Å². The van der Waals surface area contributed by atoms with Crippen LogP contribution in [0.5, 0.6) is 0 Å². The topological polar surface area (TPSA) is 38.9 Å². The summed E-state index contributed by atoms with van der Waals surface area (Å²) in [6.07, 6.45) is 2.16. The molecule has 1 aromatic carbocycles. The molecular formula is C13H11BrClFN2. The van der Waals surface area contributed by atoms with E-state index >= 15 is 0 Å². The smallest absolute Gasteiger partial charge is 0.137 e. The second kappa shape index (κ2) is 5.78. The normalized spacial score (nSPS) is 12.4. The molecule has 2 nitrogen and oxygen atoms in total. The minimum absolute atomic E-state index is 0.236. The van der Waals surface area contributed by atoms with Crippen molar-refractivity contribution >= 4 is 27.5 Å².